The van der Waals surface area contributed by atoms with Gasteiger partial charge in [-0.05, 0) is 119 Å². The van der Waals surface area contributed by atoms with Crippen molar-refractivity contribution in [3.63, 3.8) is 0 Å². The lowest BCUT2D eigenvalue weighted by atomic mass is 9.86. The number of fused-ring (bicyclic) bond motifs is 3. The Morgan fingerprint density at radius 2 is 1.21 bits per heavy atom. The van der Waals surface area contributed by atoms with Crippen molar-refractivity contribution in [3.05, 3.63) is 130 Å². The highest BCUT2D eigenvalue weighted by molar-refractivity contribution is 7.22. The minimum atomic E-state index is -1.02. The highest BCUT2D eigenvalue weighted by Gasteiger charge is 2.55. The smallest absolute Gasteiger partial charge is 0.225 e. The maximum atomic E-state index is 10.9. The Labute approximate surface area is 434 Å². The quantitative estimate of drug-likeness (QED) is 0.0537. The first-order valence-electron chi connectivity index (χ1n) is 25.5. The van der Waals surface area contributed by atoms with Crippen LogP contribution < -0.4 is 21.3 Å². The van der Waals surface area contributed by atoms with Gasteiger partial charge < -0.3 is 41.0 Å². The van der Waals surface area contributed by atoms with Gasteiger partial charge in [-0.25, -0.2) is 19.9 Å². The third-order valence-corrected chi connectivity index (χ3v) is 17.9. The van der Waals surface area contributed by atoms with Gasteiger partial charge in [0.2, 0.25) is 11.9 Å². The summed E-state index contributed by atoms with van der Waals surface area (Å²) >= 11 is 3.24. The van der Waals surface area contributed by atoms with Gasteiger partial charge in [-0.1, -0.05) is 79.7 Å². The van der Waals surface area contributed by atoms with Crippen LogP contribution in [0.1, 0.15) is 79.2 Å². The molecule has 8 unspecified atom stereocenters. The van der Waals surface area contributed by atoms with E-state index in [1.54, 1.807) is 22.7 Å². The van der Waals surface area contributed by atoms with Crippen LogP contribution >= 0.6 is 22.7 Å². The number of thiazole rings is 2. The molecule has 4 aromatic carbocycles. The molecule has 6 N–H and O–H groups in total. The van der Waals surface area contributed by atoms with Crippen LogP contribution in [-0.2, 0) is 29.0 Å². The van der Waals surface area contributed by atoms with Crippen molar-refractivity contribution >= 4 is 66.6 Å². The molecule has 3 aliphatic rings. The monoisotopic (exact) mass is 1020 g/mol. The second-order valence-electron chi connectivity index (χ2n) is 20.8. The number of aliphatic hydroxyl groups excluding tert-OH is 2. The topological polar surface area (TPSA) is 184 Å². The van der Waals surface area contributed by atoms with E-state index in [0.717, 1.165) is 77.2 Å². The molecule has 11 rings (SSSR count). The number of nitrogens with zero attached hydrogens (tertiary/aromatic N) is 6. The lowest BCUT2D eigenvalue weighted by Crippen LogP contribution is -2.40. The van der Waals surface area contributed by atoms with E-state index >= 15 is 0 Å². The Morgan fingerprint density at radius 3 is 1.86 bits per heavy atom. The number of ether oxygens (including phenoxy) is 2. The van der Waals surface area contributed by atoms with Crippen molar-refractivity contribution in [2.24, 2.45) is 17.8 Å². The predicted octanol–water partition coefficient (Wildman–Crippen LogP) is 11.0. The summed E-state index contributed by atoms with van der Waals surface area (Å²) in [5.41, 5.74) is 10.5. The van der Waals surface area contributed by atoms with E-state index in [9.17, 15) is 10.2 Å². The van der Waals surface area contributed by atoms with Crippen LogP contribution in [0, 0.1) is 45.4 Å². The molecule has 73 heavy (non-hydrogen) atoms. The van der Waals surface area contributed by atoms with Gasteiger partial charge >= 0.3 is 0 Å². The summed E-state index contributed by atoms with van der Waals surface area (Å²) < 4.78 is 16.2. The zero-order valence-corrected chi connectivity index (χ0v) is 44.1. The predicted molar refractivity (Wildman–Crippen MR) is 293 cm³/mol. The summed E-state index contributed by atoms with van der Waals surface area (Å²) in [6, 6.07) is 30.8. The molecule has 1 aliphatic heterocycles. The number of anilines is 4. The van der Waals surface area contributed by atoms with Crippen LogP contribution in [0.4, 0.5) is 23.5 Å². The molecule has 0 radical (unpaired) electrons. The van der Waals surface area contributed by atoms with Crippen LogP contribution in [0.3, 0.4) is 0 Å². The lowest BCUT2D eigenvalue weighted by molar-refractivity contribution is -0.171. The summed E-state index contributed by atoms with van der Waals surface area (Å²) in [5.74, 6) is 1.67. The highest BCUT2D eigenvalue weighted by atomic mass is 32.1. The molecule has 378 valence electrons. The van der Waals surface area contributed by atoms with Crippen molar-refractivity contribution in [2.75, 3.05) is 34.5 Å². The number of aliphatic hydroxyl groups is 2. The molecule has 0 bridgehead atoms. The zero-order valence-electron chi connectivity index (χ0n) is 42.5. The zero-order chi connectivity index (χ0) is 50.6. The first kappa shape index (κ1) is 49.1. The molecule has 8 atom stereocenters. The van der Waals surface area contributed by atoms with Gasteiger partial charge in [-0.3, -0.25) is 0 Å². The molecule has 16 heteroatoms. The molecule has 3 fully saturated rings. The van der Waals surface area contributed by atoms with E-state index in [4.69, 9.17) is 39.4 Å². The van der Waals surface area contributed by atoms with E-state index in [-0.39, 0.29) is 54.8 Å². The fourth-order valence-electron chi connectivity index (χ4n) is 11.3. The van der Waals surface area contributed by atoms with Gasteiger partial charge in [-0.2, -0.15) is 9.97 Å². The number of rotatable bonds is 16. The fraction of sp³-hybridized carbons (Fsp3) is 0.404. The fourth-order valence-corrected chi connectivity index (χ4v) is 13.5. The number of aromatic nitrogens is 6. The van der Waals surface area contributed by atoms with E-state index in [1.165, 1.54) is 22.3 Å². The second-order valence-corrected chi connectivity index (χ2v) is 22.8. The maximum Gasteiger partial charge on any atom is 0.225 e. The average molecular weight is 1020 g/mol. The Balaban J connectivity index is 0.887. The Bertz CT molecular complexity index is 3300. The number of para-hydroxylation sites is 2. The Kier molecular flexibility index (Phi) is 13.4. The minimum absolute atomic E-state index is 0.0446. The third kappa shape index (κ3) is 9.65. The standard InChI is InChI=1S/C57H64N10O4S2/c1-31-15-8-10-17-37(31)27-58-54-60-34(4)45(52-63-41-20-12-13-21-43(41)72-52)50(65-54)62-42-25-40(30-69)48-49(42)71-57(7,70-48)26-36-19-14-22-44-47(36)64-53(73-44)46-35(5)61-55(59-28-38-18-11-9-16-32(38)2)66-51(46)67-56(6)24-23-39(29-68)33(56)3/h8-22,33,39-40,42,48-49,68-69H,23-30H2,1-7H3,(H2,58,60,62,65)(H2,59,61,66,67). The van der Waals surface area contributed by atoms with Crippen LogP contribution in [0.15, 0.2) is 91.0 Å². The van der Waals surface area contributed by atoms with Crippen molar-refractivity contribution in [1.29, 1.82) is 0 Å². The number of nitrogens with one attached hydrogen (secondary N) is 4. The second kappa shape index (κ2) is 19.9. The van der Waals surface area contributed by atoms with Crippen molar-refractivity contribution in [3.8, 4) is 21.1 Å². The highest BCUT2D eigenvalue weighted by Crippen LogP contribution is 2.48. The molecular formula is C57H64N10O4S2. The van der Waals surface area contributed by atoms with Crippen LogP contribution in [0.2, 0.25) is 0 Å². The first-order valence-corrected chi connectivity index (χ1v) is 27.1. The number of hydrogen-bond acceptors (Lipinski definition) is 16. The largest absolute Gasteiger partial charge is 0.396 e. The van der Waals surface area contributed by atoms with Gasteiger partial charge in [0.25, 0.3) is 0 Å². The normalized spacial score (nSPS) is 24.6. The van der Waals surface area contributed by atoms with E-state index < -0.39 is 5.79 Å². The molecule has 2 saturated carbocycles. The van der Waals surface area contributed by atoms with E-state index in [2.05, 4.69) is 104 Å². The number of hydrogen-bond donors (Lipinski definition) is 6. The van der Waals surface area contributed by atoms with Gasteiger partial charge in [0.15, 0.2) is 5.79 Å². The van der Waals surface area contributed by atoms with Crippen LogP contribution in [0.25, 0.3) is 41.6 Å². The minimum Gasteiger partial charge on any atom is -0.396 e. The van der Waals surface area contributed by atoms with Gasteiger partial charge in [0, 0.05) is 44.2 Å². The van der Waals surface area contributed by atoms with Crippen molar-refractivity contribution in [2.45, 2.75) is 117 Å². The van der Waals surface area contributed by atoms with Gasteiger partial charge in [0.1, 0.15) is 27.8 Å². The Hall–Kier alpha value is -6.14. The number of aryl methyl sites for hydroxylation is 4. The van der Waals surface area contributed by atoms with Gasteiger partial charge in [0.05, 0.1) is 55.1 Å². The molecule has 14 nitrogen and oxygen atoms in total. The summed E-state index contributed by atoms with van der Waals surface area (Å²) in [7, 11) is 0. The molecule has 0 amide bonds. The molecule has 4 aromatic heterocycles. The summed E-state index contributed by atoms with van der Waals surface area (Å²) in [6.07, 6.45) is 2.15. The SMILES string of the molecule is Cc1ccccc1CNc1nc(C)c(-c2nc3ccccc3s2)c(NC2CC(CO)C3OC(C)(Cc4cccc5sc(-c6c(C)nc(NCc7ccccc7C)nc6NC6(C)CCC(CO)C6C)nc45)OC23)n1. The van der Waals surface area contributed by atoms with Crippen molar-refractivity contribution in [1.82, 2.24) is 29.9 Å². The molecule has 5 heterocycles. The molecule has 0 spiro atoms. The average Bonchev–Trinajstić information content (AvgIpc) is 4.19. The third-order valence-electron chi connectivity index (χ3n) is 15.8. The van der Waals surface area contributed by atoms with Gasteiger partial charge in [-0.15, -0.1) is 22.7 Å². The summed E-state index contributed by atoms with van der Waals surface area (Å²) in [4.78, 5) is 30.8. The molecule has 8 aromatic rings. The molecule has 1 saturated heterocycles. The molecule has 2 aliphatic carbocycles. The van der Waals surface area contributed by atoms with Crippen LogP contribution in [-0.4, -0.2) is 82.9 Å². The van der Waals surface area contributed by atoms with E-state index in [0.29, 0.717) is 43.6 Å². The number of benzene rings is 4. The van der Waals surface area contributed by atoms with E-state index in [1.807, 2.05) is 57.2 Å². The lowest BCUT2D eigenvalue weighted by Gasteiger charge is -2.34. The Morgan fingerprint density at radius 1 is 0.630 bits per heavy atom. The first-order chi connectivity index (χ1) is 35.3. The maximum absolute atomic E-state index is 10.9. The summed E-state index contributed by atoms with van der Waals surface area (Å²) in [5, 5.41) is 37.5. The van der Waals surface area contributed by atoms with Crippen molar-refractivity contribution < 1.29 is 19.7 Å². The summed E-state index contributed by atoms with van der Waals surface area (Å²) in [6.45, 7) is 16.0. The molecular weight excluding hydrogens is 953 g/mol. The van der Waals surface area contributed by atoms with Crippen LogP contribution in [0.5, 0.6) is 0 Å².